The van der Waals surface area contributed by atoms with Gasteiger partial charge in [-0.3, -0.25) is 9.59 Å². The molecule has 0 aliphatic rings. The van der Waals surface area contributed by atoms with Gasteiger partial charge in [-0.05, 0) is 57.4 Å². The van der Waals surface area contributed by atoms with Gasteiger partial charge in [-0.1, -0.05) is 61.7 Å². The van der Waals surface area contributed by atoms with E-state index < -0.39 is 35.6 Å². The molecule has 0 saturated heterocycles. The molecule has 210 valence electrons. The molecule has 2 rings (SSSR count). The molecule has 0 radical (unpaired) electrons. The number of nitrogens with zero attached hydrogens (tertiary/aromatic N) is 2. The van der Waals surface area contributed by atoms with Crippen molar-refractivity contribution in [3.05, 3.63) is 65.2 Å². The molecule has 0 aromatic heterocycles. The molecule has 39 heavy (non-hydrogen) atoms. The van der Waals surface area contributed by atoms with E-state index in [4.69, 9.17) is 4.74 Å². The molecule has 2 atom stereocenters. The molecule has 0 saturated carbocycles. The largest absolute Gasteiger partial charge is 0.508 e. The summed E-state index contributed by atoms with van der Waals surface area (Å²) in [5.41, 5.74) is 1.40. The van der Waals surface area contributed by atoms with Gasteiger partial charge in [0, 0.05) is 13.0 Å². The minimum absolute atomic E-state index is 0.0546. The number of unbranched alkanes of at least 4 members (excludes halogenated alkanes) is 2. The second kappa shape index (κ2) is 14.8. The third-order valence-corrected chi connectivity index (χ3v) is 5.92. The van der Waals surface area contributed by atoms with E-state index in [-0.39, 0.29) is 18.7 Å². The molecular formula is C30H40N4O5. The maximum Gasteiger partial charge on any atom is 0.408 e. The molecule has 0 spiro atoms. The number of rotatable bonds is 12. The van der Waals surface area contributed by atoms with Crippen molar-refractivity contribution >= 4 is 17.9 Å². The van der Waals surface area contributed by atoms with E-state index in [2.05, 4.69) is 17.6 Å². The number of phenols is 1. The van der Waals surface area contributed by atoms with Gasteiger partial charge in [0.25, 0.3) is 0 Å². The van der Waals surface area contributed by atoms with Gasteiger partial charge in [-0.15, -0.1) is 0 Å². The van der Waals surface area contributed by atoms with Gasteiger partial charge in [-0.25, -0.2) is 4.79 Å². The molecule has 9 heteroatoms. The molecule has 2 aromatic rings. The Morgan fingerprint density at radius 1 is 1.05 bits per heavy atom. The SMILES string of the molecule is CCCCCNC(=O)C(c1ccc(C)cc1)N(CC#N)C(=O)C(Cc1ccc(O)cc1)NC(=O)OC(C)(C)C. The molecule has 3 amide bonds. The summed E-state index contributed by atoms with van der Waals surface area (Å²) < 4.78 is 5.39. The topological polar surface area (TPSA) is 132 Å². The van der Waals surface area contributed by atoms with Crippen LogP contribution in [0.15, 0.2) is 48.5 Å². The first-order valence-corrected chi connectivity index (χ1v) is 13.2. The highest BCUT2D eigenvalue weighted by Gasteiger charge is 2.36. The number of hydrogen-bond acceptors (Lipinski definition) is 6. The van der Waals surface area contributed by atoms with Gasteiger partial charge in [0.2, 0.25) is 11.8 Å². The van der Waals surface area contributed by atoms with E-state index in [1.807, 2.05) is 25.1 Å². The lowest BCUT2D eigenvalue weighted by atomic mass is 9.99. The number of aromatic hydroxyl groups is 1. The van der Waals surface area contributed by atoms with Crippen LogP contribution < -0.4 is 10.6 Å². The van der Waals surface area contributed by atoms with Crippen molar-refractivity contribution in [3.8, 4) is 11.8 Å². The van der Waals surface area contributed by atoms with Crippen molar-refractivity contribution in [1.29, 1.82) is 5.26 Å². The number of benzene rings is 2. The van der Waals surface area contributed by atoms with Crippen LogP contribution in [0, 0.1) is 18.3 Å². The molecule has 0 aliphatic heterocycles. The molecular weight excluding hydrogens is 496 g/mol. The van der Waals surface area contributed by atoms with Crippen LogP contribution in [0.2, 0.25) is 0 Å². The van der Waals surface area contributed by atoms with Crippen LogP contribution >= 0.6 is 0 Å². The zero-order valence-electron chi connectivity index (χ0n) is 23.5. The van der Waals surface area contributed by atoms with E-state index in [0.717, 1.165) is 24.8 Å². The van der Waals surface area contributed by atoms with Gasteiger partial charge >= 0.3 is 6.09 Å². The molecule has 0 bridgehead atoms. The molecule has 2 unspecified atom stereocenters. The first-order valence-electron chi connectivity index (χ1n) is 13.2. The third kappa shape index (κ3) is 10.3. The van der Waals surface area contributed by atoms with Crippen molar-refractivity contribution in [2.24, 2.45) is 0 Å². The Hall–Kier alpha value is -4.06. The second-order valence-corrected chi connectivity index (χ2v) is 10.5. The Kier molecular flexibility index (Phi) is 11.8. The number of ether oxygens (including phenoxy) is 1. The lowest BCUT2D eigenvalue weighted by Gasteiger charge is -2.33. The van der Waals surface area contributed by atoms with Crippen molar-refractivity contribution in [2.75, 3.05) is 13.1 Å². The van der Waals surface area contributed by atoms with Crippen LogP contribution in [0.3, 0.4) is 0 Å². The molecule has 0 fully saturated rings. The number of alkyl carbamates (subject to hydrolysis) is 1. The number of hydrogen-bond donors (Lipinski definition) is 3. The summed E-state index contributed by atoms with van der Waals surface area (Å²) in [7, 11) is 0. The first-order chi connectivity index (χ1) is 18.4. The molecule has 3 N–H and O–H groups in total. The van der Waals surface area contributed by atoms with Crippen LogP contribution in [-0.4, -0.2) is 52.6 Å². The Morgan fingerprint density at radius 3 is 2.26 bits per heavy atom. The second-order valence-electron chi connectivity index (χ2n) is 10.5. The maximum atomic E-state index is 14.0. The average molecular weight is 537 g/mol. The third-order valence-electron chi connectivity index (χ3n) is 5.92. The quantitative estimate of drug-likeness (QED) is 0.270. The Balaban J connectivity index is 2.47. The Bertz CT molecular complexity index is 1130. The van der Waals surface area contributed by atoms with E-state index in [0.29, 0.717) is 17.7 Å². The fraction of sp³-hybridized carbons (Fsp3) is 0.467. The summed E-state index contributed by atoms with van der Waals surface area (Å²) in [6, 6.07) is 13.2. The molecule has 9 nitrogen and oxygen atoms in total. The molecule has 2 aromatic carbocycles. The summed E-state index contributed by atoms with van der Waals surface area (Å²) in [6.45, 7) is 9.18. The van der Waals surface area contributed by atoms with E-state index in [1.165, 1.54) is 17.0 Å². The molecule has 0 aliphatic carbocycles. The van der Waals surface area contributed by atoms with Gasteiger partial charge in [0.1, 0.15) is 30.0 Å². The monoisotopic (exact) mass is 536 g/mol. The smallest absolute Gasteiger partial charge is 0.408 e. The summed E-state index contributed by atoms with van der Waals surface area (Å²) >= 11 is 0. The minimum atomic E-state index is -1.14. The van der Waals surface area contributed by atoms with E-state index in [1.54, 1.807) is 45.0 Å². The van der Waals surface area contributed by atoms with Crippen LogP contribution in [0.5, 0.6) is 5.75 Å². The van der Waals surface area contributed by atoms with Crippen LogP contribution in [0.4, 0.5) is 4.79 Å². The summed E-state index contributed by atoms with van der Waals surface area (Å²) in [5, 5.41) is 24.9. The average Bonchev–Trinajstić information content (AvgIpc) is 2.87. The number of carbonyl (C=O) groups is 3. The predicted octanol–water partition coefficient (Wildman–Crippen LogP) is 4.54. The number of phenolic OH excluding ortho intramolecular Hbond substituents is 1. The normalized spacial score (nSPS) is 12.5. The fourth-order valence-corrected chi connectivity index (χ4v) is 4.00. The van der Waals surface area contributed by atoms with Gasteiger partial charge in [0.05, 0.1) is 6.07 Å². The minimum Gasteiger partial charge on any atom is -0.508 e. The lowest BCUT2D eigenvalue weighted by Crippen LogP contribution is -2.54. The highest BCUT2D eigenvalue weighted by Crippen LogP contribution is 2.24. The Morgan fingerprint density at radius 2 is 1.69 bits per heavy atom. The van der Waals surface area contributed by atoms with Gasteiger partial charge < -0.3 is 25.4 Å². The molecule has 0 heterocycles. The number of nitriles is 1. The first kappa shape index (κ1) is 31.2. The van der Waals surface area contributed by atoms with Crippen molar-refractivity contribution in [2.45, 2.75) is 78.0 Å². The van der Waals surface area contributed by atoms with Crippen molar-refractivity contribution in [1.82, 2.24) is 15.5 Å². The maximum absolute atomic E-state index is 14.0. The Labute approximate surface area is 231 Å². The number of carbonyl (C=O) groups excluding carboxylic acids is 3. The highest BCUT2D eigenvalue weighted by atomic mass is 16.6. The lowest BCUT2D eigenvalue weighted by molar-refractivity contribution is -0.141. The summed E-state index contributed by atoms with van der Waals surface area (Å²) in [6.07, 6.45) is 1.99. The standard InChI is InChI=1S/C30H40N4O5/c1-6-7-8-18-32-27(36)26(23-13-9-21(2)10-14-23)34(19-17-31)28(37)25(33-29(38)39-30(3,4)5)20-22-11-15-24(35)16-12-22/h9-16,25-26,35H,6-8,18-20H2,1-5H3,(H,32,36)(H,33,38). The van der Waals surface area contributed by atoms with E-state index >= 15 is 0 Å². The number of amides is 3. The van der Waals surface area contributed by atoms with E-state index in [9.17, 15) is 24.8 Å². The summed E-state index contributed by atoms with van der Waals surface area (Å²) in [5.74, 6) is -0.948. The summed E-state index contributed by atoms with van der Waals surface area (Å²) in [4.78, 5) is 41.5. The predicted molar refractivity (Wildman–Crippen MR) is 149 cm³/mol. The zero-order chi connectivity index (χ0) is 29.0. The van der Waals surface area contributed by atoms with Crippen molar-refractivity contribution in [3.63, 3.8) is 0 Å². The van der Waals surface area contributed by atoms with Crippen LogP contribution in [-0.2, 0) is 20.7 Å². The van der Waals surface area contributed by atoms with Crippen LogP contribution in [0.25, 0.3) is 0 Å². The van der Waals surface area contributed by atoms with Crippen molar-refractivity contribution < 1.29 is 24.2 Å². The fourth-order valence-electron chi connectivity index (χ4n) is 4.00. The van der Waals surface area contributed by atoms with Gasteiger partial charge in [0.15, 0.2) is 0 Å². The highest BCUT2D eigenvalue weighted by molar-refractivity contribution is 5.92. The number of aryl methyl sites for hydroxylation is 1. The zero-order valence-corrected chi connectivity index (χ0v) is 23.5. The number of nitrogens with one attached hydrogen (secondary N) is 2. The van der Waals surface area contributed by atoms with Crippen LogP contribution in [0.1, 0.15) is 69.7 Å². The van der Waals surface area contributed by atoms with Gasteiger partial charge in [-0.2, -0.15) is 5.26 Å².